The third-order valence-corrected chi connectivity index (χ3v) is 4.58. The van der Waals surface area contributed by atoms with Crippen LogP contribution >= 0.6 is 0 Å². The van der Waals surface area contributed by atoms with Gasteiger partial charge in [0.2, 0.25) is 0 Å². The van der Waals surface area contributed by atoms with Crippen LogP contribution in [-0.2, 0) is 6.54 Å². The second kappa shape index (κ2) is 7.81. The Morgan fingerprint density at radius 3 is 2.62 bits per heavy atom. The molecule has 0 aromatic heterocycles. The van der Waals surface area contributed by atoms with Gasteiger partial charge in [0.05, 0.1) is 6.10 Å². The van der Waals surface area contributed by atoms with Crippen LogP contribution in [0.1, 0.15) is 44.2 Å². The van der Waals surface area contributed by atoms with E-state index < -0.39 is 0 Å². The summed E-state index contributed by atoms with van der Waals surface area (Å²) >= 11 is 0. The quantitative estimate of drug-likeness (QED) is 0.790. The molecule has 0 bridgehead atoms. The zero-order valence-corrected chi connectivity index (χ0v) is 13.7. The highest BCUT2D eigenvalue weighted by Crippen LogP contribution is 2.28. The molecular formula is C18H30N2O. The van der Waals surface area contributed by atoms with Crippen molar-refractivity contribution in [2.24, 2.45) is 5.92 Å². The molecular weight excluding hydrogens is 260 g/mol. The minimum atomic E-state index is -0.166. The smallest absolute Gasteiger partial charge is 0.0541 e. The van der Waals surface area contributed by atoms with Crippen molar-refractivity contribution in [2.75, 3.05) is 24.5 Å². The third-order valence-electron chi connectivity index (χ3n) is 4.58. The van der Waals surface area contributed by atoms with Gasteiger partial charge >= 0.3 is 0 Å². The van der Waals surface area contributed by atoms with Gasteiger partial charge in [-0.2, -0.15) is 0 Å². The number of anilines is 1. The van der Waals surface area contributed by atoms with Crippen molar-refractivity contribution in [1.29, 1.82) is 0 Å². The summed E-state index contributed by atoms with van der Waals surface area (Å²) in [7, 11) is 0. The fourth-order valence-electron chi connectivity index (χ4n) is 3.21. The molecule has 1 saturated heterocycles. The Morgan fingerprint density at radius 1 is 1.33 bits per heavy atom. The van der Waals surface area contributed by atoms with Gasteiger partial charge in [-0.15, -0.1) is 0 Å². The van der Waals surface area contributed by atoms with Gasteiger partial charge in [-0.1, -0.05) is 19.1 Å². The second-order valence-electron chi connectivity index (χ2n) is 6.36. The predicted octanol–water partition coefficient (Wildman–Crippen LogP) is 3.09. The first-order valence-corrected chi connectivity index (χ1v) is 8.35. The summed E-state index contributed by atoms with van der Waals surface area (Å²) in [5, 5.41) is 13.2. The normalized spacial score (nSPS) is 18.0. The Morgan fingerprint density at radius 2 is 2.05 bits per heavy atom. The Hall–Kier alpha value is -1.06. The first-order valence-electron chi connectivity index (χ1n) is 8.35. The molecule has 1 aliphatic heterocycles. The molecule has 1 heterocycles. The molecule has 1 aromatic rings. The number of benzene rings is 1. The van der Waals surface area contributed by atoms with Crippen molar-refractivity contribution in [3.8, 4) is 0 Å². The van der Waals surface area contributed by atoms with E-state index in [9.17, 15) is 5.11 Å². The zero-order chi connectivity index (χ0) is 15.2. The average Bonchev–Trinajstić information content (AvgIpc) is 2.48. The van der Waals surface area contributed by atoms with Crippen LogP contribution in [0.15, 0.2) is 18.2 Å². The van der Waals surface area contributed by atoms with Crippen molar-refractivity contribution in [1.82, 2.24) is 5.32 Å². The summed E-state index contributed by atoms with van der Waals surface area (Å²) in [6, 6.07) is 6.81. The van der Waals surface area contributed by atoms with Crippen LogP contribution in [0.4, 0.5) is 5.69 Å². The second-order valence-corrected chi connectivity index (χ2v) is 6.36. The lowest BCUT2D eigenvalue weighted by atomic mass is 9.91. The first-order chi connectivity index (χ1) is 10.1. The largest absolute Gasteiger partial charge is 0.393 e. The maximum atomic E-state index is 9.70. The summed E-state index contributed by atoms with van der Waals surface area (Å²) in [6.07, 6.45) is 3.20. The molecule has 0 aliphatic carbocycles. The Labute approximate surface area is 129 Å². The van der Waals surface area contributed by atoms with Crippen LogP contribution in [-0.4, -0.2) is 30.8 Å². The van der Waals surface area contributed by atoms with E-state index in [4.69, 9.17) is 0 Å². The highest BCUT2D eigenvalue weighted by atomic mass is 16.3. The molecule has 1 aromatic carbocycles. The Kier molecular flexibility index (Phi) is 6.07. The number of piperidine rings is 1. The number of aliphatic hydroxyl groups is 1. The van der Waals surface area contributed by atoms with Gasteiger partial charge in [0.25, 0.3) is 0 Å². The van der Waals surface area contributed by atoms with E-state index in [1.165, 1.54) is 23.2 Å². The monoisotopic (exact) mass is 290 g/mol. The number of hydrogen-bond donors (Lipinski definition) is 2. The van der Waals surface area contributed by atoms with Crippen LogP contribution < -0.4 is 10.2 Å². The lowest BCUT2D eigenvalue weighted by Gasteiger charge is -2.35. The summed E-state index contributed by atoms with van der Waals surface area (Å²) in [6.45, 7) is 10.5. The maximum absolute atomic E-state index is 9.70. The molecule has 1 aliphatic rings. The predicted molar refractivity (Wildman–Crippen MR) is 89.8 cm³/mol. The summed E-state index contributed by atoms with van der Waals surface area (Å²) in [5.41, 5.74) is 4.09. The minimum Gasteiger partial charge on any atom is -0.393 e. The molecule has 0 saturated carbocycles. The molecule has 3 heteroatoms. The van der Waals surface area contributed by atoms with Crippen LogP contribution in [0.25, 0.3) is 0 Å². The van der Waals surface area contributed by atoms with Crippen molar-refractivity contribution in [3.63, 3.8) is 0 Å². The number of nitrogens with one attached hydrogen (secondary N) is 1. The van der Waals surface area contributed by atoms with Gasteiger partial charge in [0.1, 0.15) is 0 Å². The summed E-state index contributed by atoms with van der Waals surface area (Å²) in [4.78, 5) is 2.47. The topological polar surface area (TPSA) is 35.5 Å². The van der Waals surface area contributed by atoms with Crippen molar-refractivity contribution >= 4 is 5.69 Å². The first kappa shape index (κ1) is 16.3. The molecule has 21 heavy (non-hydrogen) atoms. The van der Waals surface area contributed by atoms with Gasteiger partial charge in [-0.05, 0) is 62.8 Å². The zero-order valence-electron chi connectivity index (χ0n) is 13.7. The molecule has 0 radical (unpaired) electrons. The Bertz CT molecular complexity index is 437. The van der Waals surface area contributed by atoms with Crippen LogP contribution in [0.5, 0.6) is 0 Å². The highest BCUT2D eigenvalue weighted by molar-refractivity contribution is 5.54. The fraction of sp³-hybridized carbons (Fsp3) is 0.667. The number of rotatable bonds is 6. The standard InChI is InChI=1S/C18H30N2O/c1-4-9-19-13-16-5-6-18(14(2)12-16)20-10-7-17(8-11-20)15(3)21/h5-6,12,15,17,19,21H,4,7-11,13H2,1-3H3. The molecule has 118 valence electrons. The van der Waals surface area contributed by atoms with E-state index in [0.717, 1.165) is 39.0 Å². The number of aliphatic hydroxyl groups excluding tert-OH is 1. The molecule has 2 N–H and O–H groups in total. The SMILES string of the molecule is CCCNCc1ccc(N2CCC(C(C)O)CC2)c(C)c1. The van der Waals surface area contributed by atoms with Crippen LogP contribution in [0.3, 0.4) is 0 Å². The molecule has 2 rings (SSSR count). The minimum absolute atomic E-state index is 0.166. The van der Waals surface area contributed by atoms with E-state index in [0.29, 0.717) is 5.92 Å². The number of aryl methyl sites for hydroxylation is 1. The number of nitrogens with zero attached hydrogens (tertiary/aromatic N) is 1. The molecule has 0 amide bonds. The summed E-state index contributed by atoms with van der Waals surface area (Å²) < 4.78 is 0. The van der Waals surface area contributed by atoms with Crippen molar-refractivity contribution < 1.29 is 5.11 Å². The molecule has 0 spiro atoms. The summed E-state index contributed by atoms with van der Waals surface area (Å²) in [5.74, 6) is 0.471. The van der Waals surface area contributed by atoms with E-state index in [-0.39, 0.29) is 6.10 Å². The molecule has 1 unspecified atom stereocenters. The maximum Gasteiger partial charge on any atom is 0.0541 e. The van der Waals surface area contributed by atoms with Crippen LogP contribution in [0, 0.1) is 12.8 Å². The van der Waals surface area contributed by atoms with Crippen molar-refractivity contribution in [2.45, 2.75) is 52.7 Å². The molecule has 3 nitrogen and oxygen atoms in total. The van der Waals surface area contributed by atoms with E-state index in [1.54, 1.807) is 0 Å². The van der Waals surface area contributed by atoms with E-state index in [1.807, 2.05) is 6.92 Å². The fourth-order valence-corrected chi connectivity index (χ4v) is 3.21. The van der Waals surface area contributed by atoms with Gasteiger partial charge in [-0.3, -0.25) is 0 Å². The van der Waals surface area contributed by atoms with E-state index in [2.05, 4.69) is 42.3 Å². The van der Waals surface area contributed by atoms with Gasteiger partial charge < -0.3 is 15.3 Å². The average molecular weight is 290 g/mol. The van der Waals surface area contributed by atoms with E-state index >= 15 is 0 Å². The van der Waals surface area contributed by atoms with Gasteiger partial charge in [0.15, 0.2) is 0 Å². The Balaban J connectivity index is 1.95. The van der Waals surface area contributed by atoms with Crippen molar-refractivity contribution in [3.05, 3.63) is 29.3 Å². The van der Waals surface area contributed by atoms with Gasteiger partial charge in [0, 0.05) is 25.3 Å². The van der Waals surface area contributed by atoms with Crippen LogP contribution in [0.2, 0.25) is 0 Å². The lowest BCUT2D eigenvalue weighted by molar-refractivity contribution is 0.110. The molecule has 1 atom stereocenters. The lowest BCUT2D eigenvalue weighted by Crippen LogP contribution is -2.37. The number of hydrogen-bond acceptors (Lipinski definition) is 3. The van der Waals surface area contributed by atoms with Gasteiger partial charge in [-0.25, -0.2) is 0 Å². The third kappa shape index (κ3) is 4.45. The highest BCUT2D eigenvalue weighted by Gasteiger charge is 2.23. The molecule has 1 fully saturated rings.